The maximum absolute atomic E-state index is 5.55. The van der Waals surface area contributed by atoms with Crippen molar-refractivity contribution in [1.82, 2.24) is 9.97 Å². The van der Waals surface area contributed by atoms with Gasteiger partial charge in [0.15, 0.2) is 0 Å². The average Bonchev–Trinajstić information content (AvgIpc) is 2.18. The minimum Gasteiger partial charge on any atom is -0.393 e. The van der Waals surface area contributed by atoms with Gasteiger partial charge in [-0.25, -0.2) is 9.97 Å². The first-order valence-electron chi connectivity index (χ1n) is 4.80. The maximum Gasteiger partial charge on any atom is 0.225 e. The molecule has 0 saturated heterocycles. The predicted octanol–water partition coefficient (Wildman–Crippen LogP) is 1.14. The number of hydrogen-bond donors (Lipinski definition) is 1. The van der Waals surface area contributed by atoms with Gasteiger partial charge in [0.25, 0.3) is 0 Å². The fourth-order valence-electron chi connectivity index (χ4n) is 1.17. The van der Waals surface area contributed by atoms with Crippen LogP contribution in [0.3, 0.4) is 0 Å². The number of nitrogens with two attached hydrogens (primary N) is 1. The number of anilines is 1. The second-order valence-corrected chi connectivity index (χ2v) is 4.22. The Morgan fingerprint density at radius 3 is 2.53 bits per heavy atom. The van der Waals surface area contributed by atoms with Gasteiger partial charge in [0.2, 0.25) is 5.95 Å². The highest BCUT2D eigenvalue weighted by molar-refractivity contribution is 7.80. The summed E-state index contributed by atoms with van der Waals surface area (Å²) in [4.78, 5) is 10.9. The highest BCUT2D eigenvalue weighted by Crippen LogP contribution is 2.07. The zero-order chi connectivity index (χ0) is 11.4. The van der Waals surface area contributed by atoms with E-state index in [1.165, 1.54) is 0 Å². The van der Waals surface area contributed by atoms with Crippen molar-refractivity contribution in [3.63, 3.8) is 0 Å². The van der Waals surface area contributed by atoms with Crippen LogP contribution in [-0.2, 0) is 0 Å². The molecule has 1 unspecified atom stereocenters. The molecule has 0 bridgehead atoms. The monoisotopic (exact) mass is 224 g/mol. The van der Waals surface area contributed by atoms with E-state index in [4.69, 9.17) is 18.0 Å². The molecule has 0 spiro atoms. The Bertz CT molecular complexity index is 336. The second kappa shape index (κ2) is 5.02. The quantitative estimate of drug-likeness (QED) is 0.777. The number of rotatable bonds is 4. The Kier molecular flexibility index (Phi) is 3.96. The van der Waals surface area contributed by atoms with Gasteiger partial charge in [0, 0.05) is 31.9 Å². The number of hydrogen-bond acceptors (Lipinski definition) is 4. The first-order chi connectivity index (χ1) is 7.00. The average molecular weight is 224 g/mol. The van der Waals surface area contributed by atoms with E-state index < -0.39 is 0 Å². The lowest BCUT2D eigenvalue weighted by Crippen LogP contribution is -2.32. The first-order valence-corrected chi connectivity index (χ1v) is 5.20. The van der Waals surface area contributed by atoms with Gasteiger partial charge in [-0.05, 0) is 12.5 Å². The fourth-order valence-corrected chi connectivity index (χ4v) is 1.24. The highest BCUT2D eigenvalue weighted by Gasteiger charge is 2.10. The number of aromatic nitrogens is 2. The molecule has 1 heterocycles. The van der Waals surface area contributed by atoms with E-state index in [9.17, 15) is 0 Å². The van der Waals surface area contributed by atoms with Gasteiger partial charge >= 0.3 is 0 Å². The van der Waals surface area contributed by atoms with Crippen molar-refractivity contribution >= 4 is 23.2 Å². The van der Waals surface area contributed by atoms with Crippen molar-refractivity contribution in [3.8, 4) is 0 Å². The summed E-state index contributed by atoms with van der Waals surface area (Å²) in [6.45, 7) is 4.69. The molecule has 0 aromatic carbocycles. The van der Waals surface area contributed by atoms with Crippen molar-refractivity contribution in [3.05, 3.63) is 18.0 Å². The molecule has 82 valence electrons. The Morgan fingerprint density at radius 2 is 2.07 bits per heavy atom. The Labute approximate surface area is 95.5 Å². The molecule has 0 fully saturated rings. The molecule has 0 radical (unpaired) electrons. The first kappa shape index (κ1) is 11.8. The number of nitrogens with zero attached hydrogens (tertiary/aromatic N) is 3. The summed E-state index contributed by atoms with van der Waals surface area (Å²) in [5.74, 6) is 0.860. The molecule has 0 aliphatic heterocycles. The summed E-state index contributed by atoms with van der Waals surface area (Å²) < 4.78 is 0. The topological polar surface area (TPSA) is 55.0 Å². The lowest BCUT2D eigenvalue weighted by atomic mass is 10.2. The van der Waals surface area contributed by atoms with E-state index >= 15 is 0 Å². The third kappa shape index (κ3) is 3.43. The van der Waals surface area contributed by atoms with Crippen molar-refractivity contribution in [2.45, 2.75) is 13.8 Å². The third-order valence-corrected chi connectivity index (χ3v) is 2.54. The van der Waals surface area contributed by atoms with Crippen molar-refractivity contribution in [1.29, 1.82) is 0 Å². The van der Waals surface area contributed by atoms with Gasteiger partial charge in [0.05, 0.1) is 4.99 Å². The Hall–Kier alpha value is -1.23. The number of thiocarbonyl (C=S) groups is 1. The smallest absolute Gasteiger partial charge is 0.225 e. The van der Waals surface area contributed by atoms with Crippen LogP contribution in [0.15, 0.2) is 12.4 Å². The highest BCUT2D eigenvalue weighted by atomic mass is 32.1. The molecule has 5 heteroatoms. The van der Waals surface area contributed by atoms with Crippen LogP contribution in [-0.4, -0.2) is 28.5 Å². The molecule has 2 N–H and O–H groups in total. The van der Waals surface area contributed by atoms with Gasteiger partial charge in [-0.1, -0.05) is 19.1 Å². The minimum atomic E-state index is 0.162. The van der Waals surface area contributed by atoms with Crippen LogP contribution in [0.25, 0.3) is 0 Å². The molecule has 0 aliphatic carbocycles. The molecular formula is C10H16N4S. The minimum absolute atomic E-state index is 0.162. The van der Waals surface area contributed by atoms with Crippen LogP contribution >= 0.6 is 12.2 Å². The molecule has 0 aliphatic rings. The standard InChI is InChI=1S/C10H16N4S/c1-7-4-12-10(13-5-7)14(3)6-8(2)9(11)15/h4-5,8H,6H2,1-3H3,(H2,11,15). The Morgan fingerprint density at radius 1 is 1.53 bits per heavy atom. The van der Waals surface area contributed by atoms with Crippen LogP contribution in [0.1, 0.15) is 12.5 Å². The summed E-state index contributed by atoms with van der Waals surface area (Å²) in [5.41, 5.74) is 6.60. The van der Waals surface area contributed by atoms with Crippen LogP contribution in [0.2, 0.25) is 0 Å². The summed E-state index contributed by atoms with van der Waals surface area (Å²) in [7, 11) is 1.93. The zero-order valence-electron chi connectivity index (χ0n) is 9.27. The van der Waals surface area contributed by atoms with Gasteiger partial charge in [-0.15, -0.1) is 0 Å². The summed E-state index contributed by atoms with van der Waals surface area (Å²) in [6, 6.07) is 0. The van der Waals surface area contributed by atoms with E-state index in [1.54, 1.807) is 12.4 Å². The fraction of sp³-hybridized carbons (Fsp3) is 0.500. The van der Waals surface area contributed by atoms with E-state index in [-0.39, 0.29) is 5.92 Å². The lowest BCUT2D eigenvalue weighted by molar-refractivity contribution is 0.725. The summed E-state index contributed by atoms with van der Waals surface area (Å²) >= 11 is 4.92. The van der Waals surface area contributed by atoms with Gasteiger partial charge in [-0.3, -0.25) is 0 Å². The maximum atomic E-state index is 5.55. The molecule has 0 saturated carbocycles. The van der Waals surface area contributed by atoms with Crippen LogP contribution < -0.4 is 10.6 Å². The number of aryl methyl sites for hydroxylation is 1. The predicted molar refractivity (Wildman–Crippen MR) is 66.0 cm³/mol. The van der Waals surface area contributed by atoms with E-state index in [1.807, 2.05) is 25.8 Å². The lowest BCUT2D eigenvalue weighted by Gasteiger charge is -2.20. The zero-order valence-corrected chi connectivity index (χ0v) is 10.1. The second-order valence-electron chi connectivity index (χ2n) is 3.74. The molecule has 1 atom stereocenters. The molecule has 1 aromatic heterocycles. The normalized spacial score (nSPS) is 12.2. The van der Waals surface area contributed by atoms with Gasteiger partial charge in [-0.2, -0.15) is 0 Å². The van der Waals surface area contributed by atoms with E-state index in [2.05, 4.69) is 9.97 Å². The van der Waals surface area contributed by atoms with Crippen LogP contribution in [0, 0.1) is 12.8 Å². The third-order valence-electron chi connectivity index (χ3n) is 2.14. The van der Waals surface area contributed by atoms with Crippen molar-refractivity contribution in [2.75, 3.05) is 18.5 Å². The molecule has 1 rings (SSSR count). The molecule has 0 amide bonds. The van der Waals surface area contributed by atoms with Gasteiger partial charge in [0.1, 0.15) is 0 Å². The largest absolute Gasteiger partial charge is 0.393 e. The molecule has 4 nitrogen and oxygen atoms in total. The van der Waals surface area contributed by atoms with Crippen LogP contribution in [0.5, 0.6) is 0 Å². The SMILES string of the molecule is Cc1cnc(N(C)CC(C)C(N)=S)nc1. The molecule has 15 heavy (non-hydrogen) atoms. The van der Waals surface area contributed by atoms with Crippen molar-refractivity contribution in [2.24, 2.45) is 11.7 Å². The molecular weight excluding hydrogens is 208 g/mol. The van der Waals surface area contributed by atoms with E-state index in [0.717, 1.165) is 12.1 Å². The van der Waals surface area contributed by atoms with Gasteiger partial charge < -0.3 is 10.6 Å². The van der Waals surface area contributed by atoms with Crippen LogP contribution in [0.4, 0.5) is 5.95 Å². The summed E-state index contributed by atoms with van der Waals surface area (Å²) in [5, 5.41) is 0. The van der Waals surface area contributed by atoms with E-state index in [0.29, 0.717) is 10.9 Å². The van der Waals surface area contributed by atoms with Crippen molar-refractivity contribution < 1.29 is 0 Å². The Balaban J connectivity index is 2.64. The molecule has 1 aromatic rings. The summed E-state index contributed by atoms with van der Waals surface area (Å²) in [6.07, 6.45) is 3.59.